The molecule has 2 nitrogen and oxygen atoms in total. The molecule has 0 aliphatic carbocycles. The number of fused-ring (bicyclic) bond motifs is 3. The van der Waals surface area contributed by atoms with Gasteiger partial charge >= 0.3 is 0 Å². The highest BCUT2D eigenvalue weighted by atomic mass is 16.5. The Labute approximate surface area is 120 Å². The van der Waals surface area contributed by atoms with E-state index in [1.807, 2.05) is 0 Å². The number of ether oxygens (including phenoxy) is 1. The van der Waals surface area contributed by atoms with E-state index >= 15 is 0 Å². The predicted octanol–water partition coefficient (Wildman–Crippen LogP) is 3.70. The summed E-state index contributed by atoms with van der Waals surface area (Å²) in [5.74, 6) is 0. The summed E-state index contributed by atoms with van der Waals surface area (Å²) in [6, 6.07) is 19.3. The van der Waals surface area contributed by atoms with Gasteiger partial charge in [0.15, 0.2) is 0 Å². The van der Waals surface area contributed by atoms with E-state index in [4.69, 9.17) is 4.74 Å². The van der Waals surface area contributed by atoms with Crippen molar-refractivity contribution in [1.82, 2.24) is 4.90 Å². The van der Waals surface area contributed by atoms with Crippen LogP contribution in [-0.4, -0.2) is 18.0 Å². The number of rotatable bonds is 1. The van der Waals surface area contributed by atoms with E-state index in [-0.39, 0.29) is 12.3 Å². The molecule has 102 valence electrons. The van der Waals surface area contributed by atoms with Gasteiger partial charge in [0.05, 0.1) is 6.10 Å². The molecule has 1 saturated heterocycles. The number of hydrogen-bond acceptors (Lipinski definition) is 2. The van der Waals surface area contributed by atoms with Crippen LogP contribution < -0.4 is 0 Å². The topological polar surface area (TPSA) is 12.5 Å². The van der Waals surface area contributed by atoms with Gasteiger partial charge in [-0.1, -0.05) is 54.6 Å². The Morgan fingerprint density at radius 3 is 2.65 bits per heavy atom. The fraction of sp³-hybridized carbons (Fsp3) is 0.333. The largest absolute Gasteiger partial charge is 0.350 e. The Kier molecular flexibility index (Phi) is 3.06. The van der Waals surface area contributed by atoms with Gasteiger partial charge in [-0.15, -0.1) is 0 Å². The fourth-order valence-electron chi connectivity index (χ4n) is 3.40. The van der Waals surface area contributed by atoms with Crippen molar-refractivity contribution in [2.45, 2.75) is 25.2 Å². The van der Waals surface area contributed by atoms with Crippen LogP contribution in [0.25, 0.3) is 0 Å². The van der Waals surface area contributed by atoms with Crippen molar-refractivity contribution in [2.24, 2.45) is 0 Å². The van der Waals surface area contributed by atoms with Gasteiger partial charge in [0, 0.05) is 13.1 Å². The van der Waals surface area contributed by atoms with Crippen LogP contribution in [0.4, 0.5) is 0 Å². The van der Waals surface area contributed by atoms with Crippen LogP contribution in [0.5, 0.6) is 0 Å². The zero-order valence-electron chi connectivity index (χ0n) is 11.5. The first-order chi connectivity index (χ1) is 9.92. The summed E-state index contributed by atoms with van der Waals surface area (Å²) in [6.07, 6.45) is 2.73. The quantitative estimate of drug-likeness (QED) is 0.779. The average molecular weight is 265 g/mol. The van der Waals surface area contributed by atoms with Gasteiger partial charge in [-0.3, -0.25) is 4.90 Å². The Bertz CT molecular complexity index is 595. The molecule has 2 heterocycles. The van der Waals surface area contributed by atoms with Gasteiger partial charge in [0.1, 0.15) is 6.23 Å². The first kappa shape index (κ1) is 12.1. The molecular formula is C18H19NO. The summed E-state index contributed by atoms with van der Waals surface area (Å²) in [6.45, 7) is 2.13. The van der Waals surface area contributed by atoms with Crippen LogP contribution in [0.2, 0.25) is 0 Å². The SMILES string of the molecule is c1ccc([C@@H]2CN3CCCc4ccccc4[C@H]3O2)cc1. The monoisotopic (exact) mass is 265 g/mol. The van der Waals surface area contributed by atoms with Crippen molar-refractivity contribution in [3.63, 3.8) is 0 Å². The Morgan fingerprint density at radius 2 is 1.75 bits per heavy atom. The lowest BCUT2D eigenvalue weighted by Crippen LogP contribution is -2.23. The fourth-order valence-corrected chi connectivity index (χ4v) is 3.40. The molecule has 2 aromatic rings. The number of aryl methyl sites for hydroxylation is 1. The maximum Gasteiger partial charge on any atom is 0.138 e. The minimum absolute atomic E-state index is 0.138. The highest BCUT2D eigenvalue weighted by Crippen LogP contribution is 2.40. The molecular weight excluding hydrogens is 246 g/mol. The Balaban J connectivity index is 1.67. The third-order valence-corrected chi connectivity index (χ3v) is 4.41. The summed E-state index contributed by atoms with van der Waals surface area (Å²) in [4.78, 5) is 2.49. The van der Waals surface area contributed by atoms with E-state index in [1.165, 1.54) is 29.5 Å². The Morgan fingerprint density at radius 1 is 0.950 bits per heavy atom. The zero-order chi connectivity index (χ0) is 13.4. The van der Waals surface area contributed by atoms with E-state index in [9.17, 15) is 0 Å². The third kappa shape index (κ3) is 2.05. The molecule has 1 fully saturated rings. The van der Waals surface area contributed by atoms with Gasteiger partial charge in [-0.25, -0.2) is 0 Å². The van der Waals surface area contributed by atoms with E-state index in [2.05, 4.69) is 59.5 Å². The lowest BCUT2D eigenvalue weighted by Gasteiger charge is -2.20. The second-order valence-electron chi connectivity index (χ2n) is 5.69. The predicted molar refractivity (Wildman–Crippen MR) is 79.3 cm³/mol. The van der Waals surface area contributed by atoms with Crippen molar-refractivity contribution >= 4 is 0 Å². The van der Waals surface area contributed by atoms with Crippen molar-refractivity contribution in [2.75, 3.05) is 13.1 Å². The molecule has 0 spiro atoms. The number of nitrogens with zero attached hydrogens (tertiary/aromatic N) is 1. The van der Waals surface area contributed by atoms with Crippen LogP contribution in [-0.2, 0) is 11.2 Å². The van der Waals surface area contributed by atoms with Crippen LogP contribution in [0.15, 0.2) is 54.6 Å². The van der Waals surface area contributed by atoms with Crippen molar-refractivity contribution in [1.29, 1.82) is 0 Å². The van der Waals surface area contributed by atoms with Gasteiger partial charge in [0.25, 0.3) is 0 Å². The van der Waals surface area contributed by atoms with E-state index in [1.54, 1.807) is 0 Å². The molecule has 2 aromatic carbocycles. The normalized spacial score (nSPS) is 25.8. The number of benzene rings is 2. The second-order valence-corrected chi connectivity index (χ2v) is 5.69. The molecule has 4 rings (SSSR count). The van der Waals surface area contributed by atoms with Gasteiger partial charge in [-0.05, 0) is 29.5 Å². The maximum atomic E-state index is 6.38. The molecule has 0 N–H and O–H groups in total. The lowest BCUT2D eigenvalue weighted by molar-refractivity contribution is -0.000689. The van der Waals surface area contributed by atoms with E-state index in [0.717, 1.165) is 13.1 Å². The summed E-state index contributed by atoms with van der Waals surface area (Å²) in [7, 11) is 0. The molecule has 2 aliphatic heterocycles. The zero-order valence-corrected chi connectivity index (χ0v) is 11.5. The summed E-state index contributed by atoms with van der Waals surface area (Å²) < 4.78 is 6.38. The smallest absolute Gasteiger partial charge is 0.138 e. The number of hydrogen-bond donors (Lipinski definition) is 0. The van der Waals surface area contributed by atoms with Crippen LogP contribution in [0, 0.1) is 0 Å². The first-order valence-electron chi connectivity index (χ1n) is 7.44. The lowest BCUT2D eigenvalue weighted by atomic mass is 10.0. The van der Waals surface area contributed by atoms with E-state index in [0.29, 0.717) is 0 Å². The second kappa shape index (κ2) is 5.04. The molecule has 2 aliphatic rings. The van der Waals surface area contributed by atoms with Crippen LogP contribution in [0.3, 0.4) is 0 Å². The minimum Gasteiger partial charge on any atom is -0.350 e. The molecule has 0 aromatic heterocycles. The summed E-state index contributed by atoms with van der Waals surface area (Å²) in [5, 5.41) is 0. The van der Waals surface area contributed by atoms with E-state index < -0.39 is 0 Å². The molecule has 0 bridgehead atoms. The average Bonchev–Trinajstić information content (AvgIpc) is 2.85. The van der Waals surface area contributed by atoms with Crippen molar-refractivity contribution < 1.29 is 4.74 Å². The summed E-state index contributed by atoms with van der Waals surface area (Å²) in [5.41, 5.74) is 4.11. The van der Waals surface area contributed by atoms with Gasteiger partial charge in [-0.2, -0.15) is 0 Å². The highest BCUT2D eigenvalue weighted by Gasteiger charge is 2.36. The van der Waals surface area contributed by atoms with Crippen molar-refractivity contribution in [3.05, 3.63) is 71.3 Å². The molecule has 0 amide bonds. The first-order valence-corrected chi connectivity index (χ1v) is 7.44. The van der Waals surface area contributed by atoms with Crippen LogP contribution in [0.1, 0.15) is 35.4 Å². The molecule has 20 heavy (non-hydrogen) atoms. The summed E-state index contributed by atoms with van der Waals surface area (Å²) >= 11 is 0. The van der Waals surface area contributed by atoms with Gasteiger partial charge < -0.3 is 4.74 Å². The molecule has 0 unspecified atom stereocenters. The maximum absolute atomic E-state index is 6.38. The highest BCUT2D eigenvalue weighted by molar-refractivity contribution is 5.31. The molecule has 2 atom stereocenters. The minimum atomic E-state index is 0.138. The third-order valence-electron chi connectivity index (χ3n) is 4.41. The molecule has 0 radical (unpaired) electrons. The Hall–Kier alpha value is -1.64. The van der Waals surface area contributed by atoms with Crippen LogP contribution >= 0.6 is 0 Å². The molecule has 0 saturated carbocycles. The standard InChI is InChI=1S/C18H19NO/c1-2-8-15(9-3-1)17-13-19-12-6-10-14-7-4-5-11-16(14)18(19)20-17/h1-5,7-9,11,17-18H,6,10,12-13H2/t17-,18+/m0/s1. The molecule has 2 heteroatoms. The van der Waals surface area contributed by atoms with Gasteiger partial charge in [0.2, 0.25) is 0 Å². The van der Waals surface area contributed by atoms with Crippen molar-refractivity contribution in [3.8, 4) is 0 Å².